The lowest BCUT2D eigenvalue weighted by Gasteiger charge is -2.24. The zero-order valence-corrected chi connectivity index (χ0v) is 13.8. The molecule has 2 N–H and O–H groups in total. The van der Waals surface area contributed by atoms with Crippen molar-refractivity contribution in [3.8, 4) is 11.1 Å². The summed E-state index contributed by atoms with van der Waals surface area (Å²) in [5.41, 5.74) is 8.76. The monoisotopic (exact) mass is 331 g/mol. The van der Waals surface area contributed by atoms with Crippen LogP contribution in [0.25, 0.3) is 23.3 Å². The van der Waals surface area contributed by atoms with E-state index in [0.29, 0.717) is 5.56 Å². The Hall–Kier alpha value is -3.01. The molecule has 2 aliphatic rings. The number of carbonyl (C=O) groups excluding carboxylic acids is 3. The first-order chi connectivity index (χ1) is 12.0. The minimum atomic E-state index is -0.535. The van der Waals surface area contributed by atoms with Gasteiger partial charge in [0.1, 0.15) is 5.78 Å². The normalized spacial score (nSPS) is 20.7. The van der Waals surface area contributed by atoms with Gasteiger partial charge in [0, 0.05) is 23.8 Å². The van der Waals surface area contributed by atoms with Crippen molar-refractivity contribution < 1.29 is 14.4 Å². The van der Waals surface area contributed by atoms with Crippen molar-refractivity contribution >= 4 is 29.6 Å². The van der Waals surface area contributed by atoms with Crippen molar-refractivity contribution in [1.29, 1.82) is 0 Å². The summed E-state index contributed by atoms with van der Waals surface area (Å²) >= 11 is 0. The highest BCUT2D eigenvalue weighted by Gasteiger charge is 2.30. The van der Waals surface area contributed by atoms with E-state index in [0.717, 1.165) is 27.1 Å². The Bertz CT molecular complexity index is 1070. The van der Waals surface area contributed by atoms with Crippen LogP contribution >= 0.6 is 0 Å². The quantitative estimate of drug-likeness (QED) is 0.901. The number of hydrogen-bond donors (Lipinski definition) is 1. The van der Waals surface area contributed by atoms with E-state index in [1.54, 1.807) is 12.2 Å². The molecular formula is C21H17NO3. The molecular weight excluding hydrogens is 314 g/mol. The summed E-state index contributed by atoms with van der Waals surface area (Å²) in [6.45, 7) is 1.84. The average Bonchev–Trinajstić information content (AvgIpc) is 2.59. The molecule has 4 heteroatoms. The molecule has 2 aromatic rings. The highest BCUT2D eigenvalue weighted by atomic mass is 16.1. The summed E-state index contributed by atoms with van der Waals surface area (Å²) in [5, 5.41) is 1.70. The number of benzene rings is 2. The van der Waals surface area contributed by atoms with Crippen LogP contribution < -0.4 is 16.2 Å². The summed E-state index contributed by atoms with van der Waals surface area (Å²) in [6.07, 6.45) is 3.44. The average molecular weight is 331 g/mol. The van der Waals surface area contributed by atoms with Gasteiger partial charge in [0.15, 0.2) is 5.78 Å². The highest BCUT2D eigenvalue weighted by Crippen LogP contribution is 2.28. The minimum Gasteiger partial charge on any atom is -0.370 e. The van der Waals surface area contributed by atoms with Crippen LogP contribution in [0.15, 0.2) is 36.4 Å². The number of rotatable bonds is 2. The van der Waals surface area contributed by atoms with Crippen LogP contribution in [-0.4, -0.2) is 17.5 Å². The highest BCUT2D eigenvalue weighted by molar-refractivity contribution is 6.22. The van der Waals surface area contributed by atoms with E-state index in [1.807, 2.05) is 43.3 Å². The van der Waals surface area contributed by atoms with Crippen LogP contribution in [0.5, 0.6) is 0 Å². The molecule has 2 unspecified atom stereocenters. The maximum Gasteiger partial charge on any atom is 0.218 e. The van der Waals surface area contributed by atoms with Gasteiger partial charge in [-0.1, -0.05) is 49.4 Å². The second-order valence-electron chi connectivity index (χ2n) is 6.65. The number of hydrogen-bond acceptors (Lipinski definition) is 3. The van der Waals surface area contributed by atoms with E-state index >= 15 is 0 Å². The first kappa shape index (κ1) is 15.5. The first-order valence-electron chi connectivity index (χ1n) is 8.29. The topological polar surface area (TPSA) is 77.2 Å². The molecule has 124 valence electrons. The summed E-state index contributed by atoms with van der Waals surface area (Å²) in [4.78, 5) is 36.4. The molecule has 2 atom stereocenters. The summed E-state index contributed by atoms with van der Waals surface area (Å²) in [7, 11) is 0. The largest absolute Gasteiger partial charge is 0.370 e. The summed E-state index contributed by atoms with van der Waals surface area (Å²) < 4.78 is 0. The molecule has 0 heterocycles. The third-order valence-corrected chi connectivity index (χ3v) is 5.13. The van der Waals surface area contributed by atoms with E-state index in [1.165, 1.54) is 0 Å². The minimum absolute atomic E-state index is 0.00316. The van der Waals surface area contributed by atoms with Crippen LogP contribution in [0.1, 0.15) is 35.2 Å². The second kappa shape index (κ2) is 5.52. The SMILES string of the molecule is CC1C(=O)C(CC(N)=O)C=c2c1ccc1c2=CC(=O)c2ccccc2-1. The van der Waals surface area contributed by atoms with Gasteiger partial charge >= 0.3 is 0 Å². The van der Waals surface area contributed by atoms with Crippen LogP contribution in [0.2, 0.25) is 0 Å². The van der Waals surface area contributed by atoms with E-state index in [2.05, 4.69) is 0 Å². The number of carbonyl (C=O) groups is 3. The van der Waals surface area contributed by atoms with E-state index in [-0.39, 0.29) is 23.9 Å². The van der Waals surface area contributed by atoms with Gasteiger partial charge in [0.05, 0.1) is 0 Å². The fourth-order valence-corrected chi connectivity index (χ4v) is 3.88. The lowest BCUT2D eigenvalue weighted by atomic mass is 9.78. The Kier molecular flexibility index (Phi) is 3.42. The molecule has 2 aliphatic carbocycles. The van der Waals surface area contributed by atoms with Gasteiger partial charge in [-0.2, -0.15) is 0 Å². The standard InChI is InChI=1S/C21H17NO3/c1-11-13-6-7-15-14-4-2-3-5-16(14)19(23)10-18(15)17(13)8-12(21(11)25)9-20(22)24/h2-8,10-12H,9H2,1H3,(H2,22,24). The summed E-state index contributed by atoms with van der Waals surface area (Å²) in [5.74, 6) is -1.40. The number of ketones is 2. The fourth-order valence-electron chi connectivity index (χ4n) is 3.88. The van der Waals surface area contributed by atoms with Crippen molar-refractivity contribution in [2.24, 2.45) is 11.7 Å². The van der Waals surface area contributed by atoms with Crippen LogP contribution in [0, 0.1) is 5.92 Å². The molecule has 2 aromatic carbocycles. The Balaban J connectivity index is 2.03. The number of fused-ring (bicyclic) bond motifs is 5. The van der Waals surface area contributed by atoms with Crippen LogP contribution in [0.4, 0.5) is 0 Å². The van der Waals surface area contributed by atoms with E-state index < -0.39 is 11.8 Å². The molecule has 1 amide bonds. The second-order valence-corrected chi connectivity index (χ2v) is 6.65. The van der Waals surface area contributed by atoms with Gasteiger partial charge in [-0.25, -0.2) is 0 Å². The molecule has 0 saturated carbocycles. The Morgan fingerprint density at radius 1 is 1.00 bits per heavy atom. The summed E-state index contributed by atoms with van der Waals surface area (Å²) in [6, 6.07) is 11.4. The Morgan fingerprint density at radius 3 is 2.44 bits per heavy atom. The lowest BCUT2D eigenvalue weighted by Crippen LogP contribution is -2.41. The third kappa shape index (κ3) is 2.33. The molecule has 4 nitrogen and oxygen atoms in total. The predicted molar refractivity (Wildman–Crippen MR) is 95.1 cm³/mol. The smallest absolute Gasteiger partial charge is 0.218 e. The molecule has 0 saturated heterocycles. The van der Waals surface area contributed by atoms with Gasteiger partial charge in [-0.15, -0.1) is 0 Å². The Labute approximate surface area is 144 Å². The van der Waals surface area contributed by atoms with Crippen molar-refractivity contribution in [3.05, 3.63) is 58.0 Å². The van der Waals surface area contributed by atoms with Gasteiger partial charge in [-0.3, -0.25) is 14.4 Å². The number of amides is 1. The molecule has 0 aromatic heterocycles. The van der Waals surface area contributed by atoms with Gasteiger partial charge in [-0.05, 0) is 33.2 Å². The third-order valence-electron chi connectivity index (χ3n) is 5.13. The van der Waals surface area contributed by atoms with Crippen molar-refractivity contribution in [1.82, 2.24) is 0 Å². The van der Waals surface area contributed by atoms with E-state index in [4.69, 9.17) is 5.73 Å². The maximum absolute atomic E-state index is 12.5. The van der Waals surface area contributed by atoms with Crippen LogP contribution in [-0.2, 0) is 9.59 Å². The molecule has 25 heavy (non-hydrogen) atoms. The van der Waals surface area contributed by atoms with Gasteiger partial charge in [0.25, 0.3) is 0 Å². The fraction of sp³-hybridized carbons (Fsp3) is 0.190. The molecule has 4 rings (SSSR count). The zero-order valence-electron chi connectivity index (χ0n) is 13.8. The Morgan fingerprint density at radius 2 is 1.72 bits per heavy atom. The van der Waals surface area contributed by atoms with E-state index in [9.17, 15) is 14.4 Å². The molecule has 0 aliphatic heterocycles. The zero-order chi connectivity index (χ0) is 17.7. The number of primary amides is 1. The van der Waals surface area contributed by atoms with Crippen molar-refractivity contribution in [3.63, 3.8) is 0 Å². The lowest BCUT2D eigenvalue weighted by molar-refractivity contribution is -0.126. The number of Topliss-reactive ketones (excluding diaryl/α,β-unsaturated/α-hetero) is 2. The molecule has 0 bridgehead atoms. The molecule has 0 radical (unpaired) electrons. The van der Waals surface area contributed by atoms with Crippen LogP contribution in [0.3, 0.4) is 0 Å². The number of nitrogens with two attached hydrogens (primary N) is 1. The molecule has 0 spiro atoms. The first-order valence-corrected chi connectivity index (χ1v) is 8.29. The van der Waals surface area contributed by atoms with Crippen molar-refractivity contribution in [2.75, 3.05) is 0 Å². The van der Waals surface area contributed by atoms with Gasteiger partial charge in [0.2, 0.25) is 5.91 Å². The predicted octanol–water partition coefficient (Wildman–Crippen LogP) is 1.29. The maximum atomic E-state index is 12.5. The molecule has 0 fully saturated rings. The van der Waals surface area contributed by atoms with Crippen molar-refractivity contribution in [2.45, 2.75) is 19.3 Å². The van der Waals surface area contributed by atoms with Gasteiger partial charge < -0.3 is 5.73 Å².